The lowest BCUT2D eigenvalue weighted by Crippen LogP contribution is -1.98. The first kappa shape index (κ1) is 41.2. The molecule has 0 unspecified atom stereocenters. The van der Waals surface area contributed by atoms with Crippen LogP contribution in [0.1, 0.15) is 0 Å². The summed E-state index contributed by atoms with van der Waals surface area (Å²) in [6, 6.07) is 80.8. The van der Waals surface area contributed by atoms with Crippen LogP contribution in [-0.4, -0.2) is 29.9 Å². The van der Waals surface area contributed by atoms with E-state index >= 15 is 0 Å². The molecule has 14 rings (SSSR count). The molecule has 0 bridgehead atoms. The van der Waals surface area contributed by atoms with E-state index in [-0.39, 0.29) is 0 Å². The average Bonchev–Trinajstić information content (AvgIpc) is 3.46. The molecule has 0 N–H and O–H groups in total. The van der Waals surface area contributed by atoms with E-state index in [2.05, 4.69) is 218 Å². The second-order valence-corrected chi connectivity index (χ2v) is 18.2. The lowest BCUT2D eigenvalue weighted by molar-refractivity contribution is 1.18. The molecule has 0 saturated heterocycles. The van der Waals surface area contributed by atoms with Crippen LogP contribution in [-0.2, 0) is 0 Å². The van der Waals surface area contributed by atoms with E-state index in [1.165, 1.54) is 21.5 Å². The van der Waals surface area contributed by atoms with Gasteiger partial charge >= 0.3 is 0 Å². The maximum Gasteiger partial charge on any atom is 0.160 e. The van der Waals surface area contributed by atoms with Crippen LogP contribution in [0.15, 0.2) is 243 Å². The van der Waals surface area contributed by atoms with Crippen LogP contribution >= 0.6 is 0 Å². The summed E-state index contributed by atoms with van der Waals surface area (Å²) in [5, 5.41) is 11.5. The first-order chi connectivity index (χ1) is 35.7. The van der Waals surface area contributed by atoms with Crippen LogP contribution in [0.5, 0.6) is 0 Å². The predicted octanol–water partition coefficient (Wildman–Crippen LogP) is 16.6. The molecule has 0 saturated carbocycles. The van der Waals surface area contributed by atoms with E-state index < -0.39 is 0 Å². The Bertz CT molecular complexity index is 4150. The maximum atomic E-state index is 5.34. The van der Waals surface area contributed by atoms with Crippen molar-refractivity contribution in [2.45, 2.75) is 0 Å². The van der Waals surface area contributed by atoms with E-state index in [0.717, 1.165) is 111 Å². The number of aromatic nitrogens is 6. The molecule has 72 heavy (non-hydrogen) atoms. The zero-order valence-electron chi connectivity index (χ0n) is 38.8. The molecule has 0 atom stereocenters. The molecule has 4 heterocycles. The van der Waals surface area contributed by atoms with Crippen molar-refractivity contribution in [2.24, 2.45) is 0 Å². The molecule has 0 amide bonds. The molecule has 14 aromatic rings. The fourth-order valence-corrected chi connectivity index (χ4v) is 10.5. The maximum absolute atomic E-state index is 5.34. The number of pyridine rings is 2. The van der Waals surface area contributed by atoms with Crippen molar-refractivity contribution in [3.05, 3.63) is 243 Å². The molecule has 6 nitrogen and oxygen atoms in total. The van der Waals surface area contributed by atoms with Gasteiger partial charge in [0, 0.05) is 56.5 Å². The number of rotatable bonds is 7. The van der Waals surface area contributed by atoms with E-state index in [1.807, 2.05) is 24.5 Å². The lowest BCUT2D eigenvalue weighted by Gasteiger charge is -2.14. The highest BCUT2D eigenvalue weighted by molar-refractivity contribution is 6.15. The highest BCUT2D eigenvalue weighted by atomic mass is 14.9. The Morgan fingerprint density at radius 2 is 0.556 bits per heavy atom. The Balaban J connectivity index is 0.864. The molecule has 10 aromatic carbocycles. The van der Waals surface area contributed by atoms with Crippen molar-refractivity contribution < 1.29 is 0 Å². The van der Waals surface area contributed by atoms with Gasteiger partial charge in [0.1, 0.15) is 0 Å². The normalized spacial score (nSPS) is 11.6. The molecular weight excluding hydrogens is 877 g/mol. The zero-order chi connectivity index (χ0) is 47.5. The number of benzene rings is 10. The van der Waals surface area contributed by atoms with Gasteiger partial charge in [0.25, 0.3) is 0 Å². The summed E-state index contributed by atoms with van der Waals surface area (Å²) in [5.41, 5.74) is 13.1. The summed E-state index contributed by atoms with van der Waals surface area (Å²) in [7, 11) is 0. The van der Waals surface area contributed by atoms with Crippen LogP contribution in [0.3, 0.4) is 0 Å². The predicted molar refractivity (Wildman–Crippen MR) is 296 cm³/mol. The largest absolute Gasteiger partial charge is 0.256 e. The Morgan fingerprint density at radius 1 is 0.222 bits per heavy atom. The van der Waals surface area contributed by atoms with Gasteiger partial charge in [0.2, 0.25) is 0 Å². The first-order valence-electron chi connectivity index (χ1n) is 24.2. The van der Waals surface area contributed by atoms with Gasteiger partial charge in [-0.1, -0.05) is 194 Å². The Morgan fingerprint density at radius 3 is 0.986 bits per heavy atom. The Labute approximate surface area is 414 Å². The fraction of sp³-hybridized carbons (Fsp3) is 0. The molecule has 0 aliphatic heterocycles. The molecule has 0 fully saturated rings. The van der Waals surface area contributed by atoms with Gasteiger partial charge in [-0.2, -0.15) is 0 Å². The minimum atomic E-state index is 0.642. The van der Waals surface area contributed by atoms with Gasteiger partial charge in [-0.3, -0.25) is 9.97 Å². The fourth-order valence-electron chi connectivity index (χ4n) is 10.5. The highest BCUT2D eigenvalue weighted by Gasteiger charge is 2.19. The molecule has 0 aliphatic rings. The van der Waals surface area contributed by atoms with Crippen molar-refractivity contribution in [1.82, 2.24) is 29.9 Å². The van der Waals surface area contributed by atoms with E-state index in [0.29, 0.717) is 11.6 Å². The number of hydrogen-bond acceptors (Lipinski definition) is 6. The van der Waals surface area contributed by atoms with Gasteiger partial charge in [0.15, 0.2) is 11.6 Å². The summed E-state index contributed by atoms with van der Waals surface area (Å²) < 4.78 is 0. The zero-order valence-corrected chi connectivity index (χ0v) is 38.8. The van der Waals surface area contributed by atoms with Crippen LogP contribution in [0.25, 0.3) is 144 Å². The minimum absolute atomic E-state index is 0.642. The Kier molecular flexibility index (Phi) is 9.74. The smallest absolute Gasteiger partial charge is 0.160 e. The topological polar surface area (TPSA) is 77.3 Å². The van der Waals surface area contributed by atoms with Crippen LogP contribution < -0.4 is 0 Å². The highest BCUT2D eigenvalue weighted by Crippen LogP contribution is 2.40. The number of hydrogen-bond donors (Lipinski definition) is 0. The van der Waals surface area contributed by atoms with Crippen LogP contribution in [0.4, 0.5) is 0 Å². The van der Waals surface area contributed by atoms with E-state index in [9.17, 15) is 0 Å². The minimum Gasteiger partial charge on any atom is -0.256 e. The number of fused-ring (bicyclic) bond motifs is 8. The second-order valence-electron chi connectivity index (χ2n) is 18.2. The van der Waals surface area contributed by atoms with Gasteiger partial charge in [-0.05, 0) is 90.6 Å². The van der Waals surface area contributed by atoms with Crippen molar-refractivity contribution in [1.29, 1.82) is 0 Å². The van der Waals surface area contributed by atoms with Crippen molar-refractivity contribution in [2.75, 3.05) is 0 Å². The number of para-hydroxylation sites is 2. The summed E-state index contributed by atoms with van der Waals surface area (Å²) in [4.78, 5) is 30.9. The van der Waals surface area contributed by atoms with Gasteiger partial charge in [-0.25, -0.2) is 19.9 Å². The Hall–Kier alpha value is -9.78. The second kappa shape index (κ2) is 17.0. The van der Waals surface area contributed by atoms with Crippen molar-refractivity contribution in [3.63, 3.8) is 0 Å². The monoisotopic (exact) mass is 916 g/mol. The molecule has 334 valence electrons. The third-order valence-corrected chi connectivity index (χ3v) is 14.0. The third kappa shape index (κ3) is 7.12. The SMILES string of the molecule is c1cnc2c(-c3cc(-c4cc5ccccc5c5ccccc45)nc(-c4ccc(-c5ccc(-c6nc(-c7cc8ccccc8c8ccccc78)cc(-c7cccc8cccnc78)n6)cc5)cc4)n3)cccc2c1. The summed E-state index contributed by atoms with van der Waals surface area (Å²) in [6.45, 7) is 0. The molecule has 6 heteroatoms. The number of nitrogens with zero attached hydrogens (tertiary/aromatic N) is 6. The first-order valence-corrected chi connectivity index (χ1v) is 24.2. The average molecular weight is 917 g/mol. The molecule has 0 aliphatic carbocycles. The van der Waals surface area contributed by atoms with Crippen LogP contribution in [0.2, 0.25) is 0 Å². The molecule has 0 spiro atoms. The lowest BCUT2D eigenvalue weighted by atomic mass is 9.94. The van der Waals surface area contributed by atoms with E-state index in [1.54, 1.807) is 0 Å². The van der Waals surface area contributed by atoms with Gasteiger partial charge in [-0.15, -0.1) is 0 Å². The van der Waals surface area contributed by atoms with Gasteiger partial charge in [0.05, 0.1) is 33.8 Å². The van der Waals surface area contributed by atoms with E-state index in [4.69, 9.17) is 29.9 Å². The third-order valence-electron chi connectivity index (χ3n) is 14.0. The summed E-state index contributed by atoms with van der Waals surface area (Å²) in [6.07, 6.45) is 3.69. The quantitative estimate of drug-likeness (QED) is 0.148. The molecule has 4 aromatic heterocycles. The van der Waals surface area contributed by atoms with Crippen molar-refractivity contribution >= 4 is 64.9 Å². The van der Waals surface area contributed by atoms with Crippen molar-refractivity contribution in [3.8, 4) is 78.9 Å². The molecular formula is C66H40N6. The summed E-state index contributed by atoms with van der Waals surface area (Å²) in [5.74, 6) is 1.28. The van der Waals surface area contributed by atoms with Gasteiger partial charge < -0.3 is 0 Å². The van der Waals surface area contributed by atoms with Crippen LogP contribution in [0, 0.1) is 0 Å². The summed E-state index contributed by atoms with van der Waals surface area (Å²) >= 11 is 0. The standard InChI is InChI=1S/C66H40N6/c1-3-19-49-47(13-1)37-57(53-23-7-5-21-51(49)53)61-39-59(55-25-9-15-43-17-11-35-67-63(43)55)69-65(71-61)45-31-27-41(28-32-45)42-29-33-46(34-30-42)66-70-60(56-26-10-16-44-18-12-36-68-64(44)56)40-62(72-66)58-38-48-14-2-4-20-50(48)52-22-6-8-24-54(52)58/h1-40H. The molecule has 0 radical (unpaired) electrons.